The lowest BCUT2D eigenvalue weighted by Crippen LogP contribution is -2.22. The molecule has 8 heteroatoms. The third kappa shape index (κ3) is 8.15. The number of rotatable bonds is 11. The molecule has 1 aliphatic rings. The third-order valence-electron chi connectivity index (χ3n) is 5.32. The molecule has 0 bridgehead atoms. The molecule has 36 heavy (non-hydrogen) atoms. The van der Waals surface area contributed by atoms with Gasteiger partial charge in [-0.1, -0.05) is 38.0 Å². The molecule has 0 N–H and O–H groups in total. The number of esters is 3. The zero-order chi connectivity index (χ0) is 27.0. The lowest BCUT2D eigenvalue weighted by atomic mass is 9.86. The van der Waals surface area contributed by atoms with Crippen molar-refractivity contribution in [3.63, 3.8) is 0 Å². The normalized spacial score (nSPS) is 14.9. The Hall–Kier alpha value is -3.81. The van der Waals surface area contributed by atoms with Gasteiger partial charge in [0.15, 0.2) is 11.6 Å². The minimum absolute atomic E-state index is 0.0139. The number of hydrogen-bond donors (Lipinski definition) is 0. The van der Waals surface area contributed by atoms with Gasteiger partial charge in [-0.3, -0.25) is 0 Å². The molecular weight excluding hydrogens is 470 g/mol. The average molecular weight is 501 g/mol. The molecular formula is C28H30F2O6. The maximum Gasteiger partial charge on any atom is 0.338 e. The summed E-state index contributed by atoms with van der Waals surface area (Å²) in [6.45, 7) is 14.8. The maximum absolute atomic E-state index is 15.1. The molecule has 1 aromatic carbocycles. The molecule has 0 saturated heterocycles. The van der Waals surface area contributed by atoms with Gasteiger partial charge in [-0.05, 0) is 50.5 Å². The van der Waals surface area contributed by atoms with Gasteiger partial charge in [0.1, 0.15) is 5.83 Å². The number of allylic oxidation sites excluding steroid dienone is 4. The summed E-state index contributed by atoms with van der Waals surface area (Å²) in [7, 11) is 0. The van der Waals surface area contributed by atoms with Crippen LogP contribution in [0.2, 0.25) is 0 Å². The highest BCUT2D eigenvalue weighted by atomic mass is 19.1. The van der Waals surface area contributed by atoms with Crippen LogP contribution >= 0.6 is 0 Å². The molecule has 0 spiro atoms. The van der Waals surface area contributed by atoms with Crippen LogP contribution in [0.3, 0.4) is 0 Å². The fraction of sp³-hybridized carbons (Fsp3) is 0.321. The zero-order valence-corrected chi connectivity index (χ0v) is 20.7. The number of benzene rings is 1. The third-order valence-corrected chi connectivity index (χ3v) is 5.32. The van der Waals surface area contributed by atoms with E-state index in [1.54, 1.807) is 18.2 Å². The Morgan fingerprint density at radius 2 is 1.50 bits per heavy atom. The first kappa shape index (κ1) is 28.4. The van der Waals surface area contributed by atoms with Crippen LogP contribution in [0.25, 0.3) is 0 Å². The Bertz CT molecular complexity index is 1110. The van der Waals surface area contributed by atoms with Crippen molar-refractivity contribution >= 4 is 17.9 Å². The number of ether oxygens (including phenoxy) is 3. The standard InChI is InChI=1S/C28H30F2O6/c1-16(2)26(31)34-14-19(15-35-27(32)17(3)4)11-22-8-7-20(12-23(22)29)21-9-10-25(24(30)13-21)36-28(33)18(5)6/h7-10,13,19-20H,1,3,5,11-12,14-15H2,2,4,6H3. The molecule has 0 fully saturated rings. The SMILES string of the molecule is C=C(C)C(=O)OCC(COC(=O)C(=C)C)CC1=C(F)CC(c2ccc(OC(=O)C(=C)C)c(F)c2)C=C1. The zero-order valence-electron chi connectivity index (χ0n) is 20.7. The molecule has 2 rings (SSSR count). The van der Waals surface area contributed by atoms with E-state index in [2.05, 4.69) is 19.7 Å². The van der Waals surface area contributed by atoms with E-state index in [-0.39, 0.29) is 48.5 Å². The van der Waals surface area contributed by atoms with E-state index in [1.807, 2.05) is 0 Å². The number of halogens is 2. The first-order valence-corrected chi connectivity index (χ1v) is 11.3. The summed E-state index contributed by atoms with van der Waals surface area (Å²) in [5.41, 5.74) is 1.43. The van der Waals surface area contributed by atoms with Crippen molar-refractivity contribution < 1.29 is 37.4 Å². The van der Waals surface area contributed by atoms with Crippen molar-refractivity contribution in [2.75, 3.05) is 13.2 Å². The van der Waals surface area contributed by atoms with Crippen molar-refractivity contribution in [1.29, 1.82) is 0 Å². The molecule has 6 nitrogen and oxygen atoms in total. The predicted octanol–water partition coefficient (Wildman–Crippen LogP) is 5.82. The van der Waals surface area contributed by atoms with Crippen molar-refractivity contribution in [2.24, 2.45) is 5.92 Å². The molecule has 0 saturated carbocycles. The van der Waals surface area contributed by atoms with Crippen molar-refractivity contribution in [3.05, 3.63) is 89.6 Å². The van der Waals surface area contributed by atoms with E-state index in [4.69, 9.17) is 14.2 Å². The summed E-state index contributed by atoms with van der Waals surface area (Å²) in [6.07, 6.45) is 3.46. The first-order chi connectivity index (χ1) is 16.9. The summed E-state index contributed by atoms with van der Waals surface area (Å²) in [5.74, 6) is -4.27. The second kappa shape index (κ2) is 12.8. The quantitative estimate of drug-likeness (QED) is 0.216. The Morgan fingerprint density at radius 3 is 1.97 bits per heavy atom. The largest absolute Gasteiger partial charge is 0.462 e. The van der Waals surface area contributed by atoms with Crippen LogP contribution in [0.1, 0.15) is 45.1 Å². The van der Waals surface area contributed by atoms with Crippen LogP contribution in [-0.4, -0.2) is 31.1 Å². The fourth-order valence-corrected chi connectivity index (χ4v) is 3.25. The van der Waals surface area contributed by atoms with E-state index in [0.29, 0.717) is 11.1 Å². The summed E-state index contributed by atoms with van der Waals surface area (Å²) < 4.78 is 44.8. The van der Waals surface area contributed by atoms with E-state index in [9.17, 15) is 18.8 Å². The van der Waals surface area contributed by atoms with Crippen molar-refractivity contribution in [2.45, 2.75) is 39.5 Å². The van der Waals surface area contributed by atoms with Crippen molar-refractivity contribution in [1.82, 2.24) is 0 Å². The van der Waals surface area contributed by atoms with Crippen LogP contribution in [0.4, 0.5) is 8.78 Å². The Kier molecular flexibility index (Phi) is 10.1. The molecule has 1 unspecified atom stereocenters. The summed E-state index contributed by atoms with van der Waals surface area (Å²) in [4.78, 5) is 35.2. The molecule has 1 aromatic rings. The van der Waals surface area contributed by atoms with Gasteiger partial charge in [-0.15, -0.1) is 0 Å². The van der Waals surface area contributed by atoms with E-state index in [1.165, 1.54) is 32.9 Å². The van der Waals surface area contributed by atoms with E-state index >= 15 is 4.39 Å². The average Bonchev–Trinajstić information content (AvgIpc) is 2.82. The van der Waals surface area contributed by atoms with E-state index < -0.39 is 41.4 Å². The van der Waals surface area contributed by atoms with Gasteiger partial charge in [0.25, 0.3) is 0 Å². The van der Waals surface area contributed by atoms with Crippen LogP contribution in [0, 0.1) is 11.7 Å². The fourth-order valence-electron chi connectivity index (χ4n) is 3.25. The van der Waals surface area contributed by atoms with Crippen LogP contribution in [-0.2, 0) is 23.9 Å². The molecule has 192 valence electrons. The monoisotopic (exact) mass is 500 g/mol. The Morgan fingerprint density at radius 1 is 0.944 bits per heavy atom. The van der Waals surface area contributed by atoms with Crippen molar-refractivity contribution in [3.8, 4) is 5.75 Å². The number of hydrogen-bond acceptors (Lipinski definition) is 6. The summed E-state index contributed by atoms with van der Waals surface area (Å²) in [6, 6.07) is 4.08. The number of carbonyl (C=O) groups excluding carboxylic acids is 3. The van der Waals surface area contributed by atoms with Gasteiger partial charge in [-0.25, -0.2) is 23.2 Å². The van der Waals surface area contributed by atoms with Gasteiger partial charge < -0.3 is 14.2 Å². The first-order valence-electron chi connectivity index (χ1n) is 11.3. The minimum Gasteiger partial charge on any atom is -0.462 e. The molecule has 1 atom stereocenters. The van der Waals surface area contributed by atoms with Gasteiger partial charge in [0.05, 0.1) is 13.2 Å². The number of carbonyl (C=O) groups is 3. The van der Waals surface area contributed by atoms with Gasteiger partial charge in [-0.2, -0.15) is 0 Å². The molecule has 0 aromatic heterocycles. The Labute approximate surface area is 209 Å². The topological polar surface area (TPSA) is 78.9 Å². The van der Waals surface area contributed by atoms with Gasteiger partial charge in [0.2, 0.25) is 0 Å². The second-order valence-electron chi connectivity index (χ2n) is 8.79. The highest BCUT2D eigenvalue weighted by Crippen LogP contribution is 2.36. The lowest BCUT2D eigenvalue weighted by Gasteiger charge is -2.22. The summed E-state index contributed by atoms with van der Waals surface area (Å²) >= 11 is 0. The molecule has 0 radical (unpaired) electrons. The molecule has 0 amide bonds. The highest BCUT2D eigenvalue weighted by molar-refractivity contribution is 5.89. The molecule has 0 aliphatic heterocycles. The van der Waals surface area contributed by atoms with Gasteiger partial charge >= 0.3 is 17.9 Å². The van der Waals surface area contributed by atoms with Crippen LogP contribution < -0.4 is 4.74 Å². The highest BCUT2D eigenvalue weighted by Gasteiger charge is 2.24. The molecule has 1 aliphatic carbocycles. The predicted molar refractivity (Wildman–Crippen MR) is 131 cm³/mol. The van der Waals surface area contributed by atoms with Crippen LogP contribution in [0.5, 0.6) is 5.75 Å². The van der Waals surface area contributed by atoms with Crippen LogP contribution in [0.15, 0.2) is 78.2 Å². The molecule has 0 heterocycles. The Balaban J connectivity index is 2.11. The smallest absolute Gasteiger partial charge is 0.338 e. The van der Waals surface area contributed by atoms with Gasteiger partial charge in [0, 0.05) is 35.0 Å². The van der Waals surface area contributed by atoms with E-state index in [0.717, 1.165) is 0 Å². The maximum atomic E-state index is 15.1. The second-order valence-corrected chi connectivity index (χ2v) is 8.79. The summed E-state index contributed by atoms with van der Waals surface area (Å²) in [5, 5.41) is 0. The lowest BCUT2D eigenvalue weighted by molar-refractivity contribution is -0.144. The minimum atomic E-state index is -0.746.